The number of nitriles is 1. The molecule has 72 valence electrons. The average Bonchev–Trinajstić information content (AvgIpc) is 2.18. The minimum atomic E-state index is -0.363. The SMILES string of the molecule is Cc1ccccc1C(=O)OCCC#N. The summed E-state index contributed by atoms with van der Waals surface area (Å²) in [5, 5.41) is 8.26. The number of aryl methyl sites for hydroxylation is 1. The van der Waals surface area contributed by atoms with Gasteiger partial charge in [0.15, 0.2) is 0 Å². The molecule has 0 amide bonds. The Balaban J connectivity index is 2.62. The maximum atomic E-state index is 11.4. The van der Waals surface area contributed by atoms with Gasteiger partial charge < -0.3 is 4.74 Å². The second kappa shape index (κ2) is 5.03. The molecule has 3 nitrogen and oxygen atoms in total. The van der Waals surface area contributed by atoms with Crippen LogP contribution in [0, 0.1) is 18.3 Å². The van der Waals surface area contributed by atoms with Gasteiger partial charge in [-0.25, -0.2) is 4.79 Å². The number of benzene rings is 1. The van der Waals surface area contributed by atoms with Crippen LogP contribution in [0.4, 0.5) is 0 Å². The Labute approximate surface area is 82.9 Å². The molecule has 0 unspecified atom stereocenters. The minimum absolute atomic E-state index is 0.156. The Morgan fingerprint density at radius 3 is 2.86 bits per heavy atom. The van der Waals surface area contributed by atoms with E-state index in [9.17, 15) is 4.79 Å². The van der Waals surface area contributed by atoms with Crippen LogP contribution in [0.2, 0.25) is 0 Å². The summed E-state index contributed by atoms with van der Waals surface area (Å²) in [6.45, 7) is 2.00. The molecule has 0 aliphatic rings. The molecule has 0 bridgehead atoms. The third-order valence-corrected chi connectivity index (χ3v) is 1.81. The number of hydrogen-bond acceptors (Lipinski definition) is 3. The van der Waals surface area contributed by atoms with Gasteiger partial charge in [0, 0.05) is 0 Å². The van der Waals surface area contributed by atoms with Crippen molar-refractivity contribution in [1.82, 2.24) is 0 Å². The van der Waals surface area contributed by atoms with Gasteiger partial charge in [0.1, 0.15) is 6.61 Å². The van der Waals surface area contributed by atoms with Crippen LogP contribution in [0.25, 0.3) is 0 Å². The molecule has 1 aromatic carbocycles. The Kier molecular flexibility index (Phi) is 3.69. The van der Waals surface area contributed by atoms with E-state index in [0.717, 1.165) is 5.56 Å². The van der Waals surface area contributed by atoms with Gasteiger partial charge in [0.25, 0.3) is 0 Å². The van der Waals surface area contributed by atoms with Gasteiger partial charge >= 0.3 is 5.97 Å². The molecule has 0 saturated carbocycles. The van der Waals surface area contributed by atoms with Crippen molar-refractivity contribution in [3.05, 3.63) is 35.4 Å². The monoisotopic (exact) mass is 189 g/mol. The van der Waals surface area contributed by atoms with Crippen molar-refractivity contribution >= 4 is 5.97 Å². The molecule has 1 rings (SSSR count). The van der Waals surface area contributed by atoms with Crippen LogP contribution in [0.3, 0.4) is 0 Å². The van der Waals surface area contributed by atoms with Crippen molar-refractivity contribution in [2.45, 2.75) is 13.3 Å². The first-order chi connectivity index (χ1) is 6.75. The largest absolute Gasteiger partial charge is 0.461 e. The molecule has 0 spiro atoms. The number of ether oxygens (including phenoxy) is 1. The Hall–Kier alpha value is -1.82. The van der Waals surface area contributed by atoms with E-state index >= 15 is 0 Å². The molecule has 0 fully saturated rings. The number of esters is 1. The molecule has 0 atom stereocenters. The topological polar surface area (TPSA) is 50.1 Å². The second-order valence-electron chi connectivity index (χ2n) is 2.86. The molecular formula is C11H11NO2. The van der Waals surface area contributed by atoms with Crippen molar-refractivity contribution in [2.24, 2.45) is 0 Å². The molecule has 3 heteroatoms. The van der Waals surface area contributed by atoms with E-state index in [1.165, 1.54) is 0 Å². The number of hydrogen-bond donors (Lipinski definition) is 0. The standard InChI is InChI=1S/C11H11NO2/c1-9-5-2-3-6-10(9)11(13)14-8-4-7-12/h2-3,5-6H,4,8H2,1H3. The molecule has 0 saturated heterocycles. The average molecular weight is 189 g/mol. The predicted molar refractivity (Wildman–Crippen MR) is 51.7 cm³/mol. The molecule has 0 N–H and O–H groups in total. The van der Waals surface area contributed by atoms with Gasteiger partial charge in [0.05, 0.1) is 18.1 Å². The summed E-state index contributed by atoms with van der Waals surface area (Å²) in [4.78, 5) is 11.4. The molecule has 1 aromatic rings. The summed E-state index contributed by atoms with van der Waals surface area (Å²) >= 11 is 0. The number of carbonyl (C=O) groups excluding carboxylic acids is 1. The van der Waals surface area contributed by atoms with Crippen LogP contribution in [0.15, 0.2) is 24.3 Å². The van der Waals surface area contributed by atoms with Crippen molar-refractivity contribution in [3.8, 4) is 6.07 Å². The maximum absolute atomic E-state index is 11.4. The molecule has 0 radical (unpaired) electrons. The normalized spacial score (nSPS) is 9.14. The highest BCUT2D eigenvalue weighted by atomic mass is 16.5. The quantitative estimate of drug-likeness (QED) is 0.540. The first-order valence-electron chi connectivity index (χ1n) is 4.35. The number of nitrogens with zero attached hydrogens (tertiary/aromatic N) is 1. The van der Waals surface area contributed by atoms with Gasteiger partial charge in [-0.2, -0.15) is 5.26 Å². The lowest BCUT2D eigenvalue weighted by Crippen LogP contribution is -2.07. The fourth-order valence-corrected chi connectivity index (χ4v) is 1.07. The van der Waals surface area contributed by atoms with Crippen LogP contribution in [-0.2, 0) is 4.74 Å². The van der Waals surface area contributed by atoms with Gasteiger partial charge in [-0.15, -0.1) is 0 Å². The van der Waals surface area contributed by atoms with Crippen LogP contribution < -0.4 is 0 Å². The van der Waals surface area contributed by atoms with Crippen LogP contribution in [-0.4, -0.2) is 12.6 Å². The van der Waals surface area contributed by atoms with E-state index in [4.69, 9.17) is 10.00 Å². The Morgan fingerprint density at radius 2 is 2.21 bits per heavy atom. The Morgan fingerprint density at radius 1 is 1.50 bits per heavy atom. The van der Waals surface area contributed by atoms with Gasteiger partial charge in [0.2, 0.25) is 0 Å². The van der Waals surface area contributed by atoms with E-state index in [1.807, 2.05) is 25.1 Å². The first-order valence-corrected chi connectivity index (χ1v) is 4.35. The van der Waals surface area contributed by atoms with Crippen molar-refractivity contribution in [2.75, 3.05) is 6.61 Å². The highest BCUT2D eigenvalue weighted by molar-refractivity contribution is 5.90. The summed E-state index contributed by atoms with van der Waals surface area (Å²) < 4.78 is 4.89. The van der Waals surface area contributed by atoms with Crippen LogP contribution in [0.5, 0.6) is 0 Å². The van der Waals surface area contributed by atoms with Crippen LogP contribution in [0.1, 0.15) is 22.3 Å². The number of carbonyl (C=O) groups is 1. The van der Waals surface area contributed by atoms with Crippen molar-refractivity contribution in [1.29, 1.82) is 5.26 Å². The van der Waals surface area contributed by atoms with E-state index in [-0.39, 0.29) is 19.0 Å². The lowest BCUT2D eigenvalue weighted by Gasteiger charge is -2.04. The smallest absolute Gasteiger partial charge is 0.338 e. The van der Waals surface area contributed by atoms with Gasteiger partial charge in [-0.05, 0) is 18.6 Å². The third-order valence-electron chi connectivity index (χ3n) is 1.81. The maximum Gasteiger partial charge on any atom is 0.338 e. The summed E-state index contributed by atoms with van der Waals surface area (Å²) in [6, 6.07) is 9.12. The fraction of sp³-hybridized carbons (Fsp3) is 0.273. The summed E-state index contributed by atoms with van der Waals surface area (Å²) in [6.07, 6.45) is 0.234. The lowest BCUT2D eigenvalue weighted by molar-refractivity contribution is 0.0512. The fourth-order valence-electron chi connectivity index (χ4n) is 1.07. The highest BCUT2D eigenvalue weighted by Gasteiger charge is 2.08. The van der Waals surface area contributed by atoms with E-state index in [1.54, 1.807) is 12.1 Å². The summed E-state index contributed by atoms with van der Waals surface area (Å²) in [7, 11) is 0. The lowest BCUT2D eigenvalue weighted by atomic mass is 10.1. The number of rotatable bonds is 3. The van der Waals surface area contributed by atoms with Gasteiger partial charge in [-0.3, -0.25) is 0 Å². The minimum Gasteiger partial charge on any atom is -0.461 e. The summed E-state index contributed by atoms with van der Waals surface area (Å²) in [5.41, 5.74) is 1.44. The van der Waals surface area contributed by atoms with Crippen molar-refractivity contribution < 1.29 is 9.53 Å². The Bertz CT molecular complexity index is 366. The zero-order chi connectivity index (χ0) is 10.4. The molecule has 0 aliphatic heterocycles. The van der Waals surface area contributed by atoms with Crippen LogP contribution >= 0.6 is 0 Å². The molecule has 0 aliphatic carbocycles. The van der Waals surface area contributed by atoms with Crippen molar-refractivity contribution in [3.63, 3.8) is 0 Å². The van der Waals surface area contributed by atoms with E-state index in [0.29, 0.717) is 5.56 Å². The zero-order valence-electron chi connectivity index (χ0n) is 7.99. The first kappa shape index (κ1) is 10.3. The van der Waals surface area contributed by atoms with E-state index in [2.05, 4.69) is 0 Å². The van der Waals surface area contributed by atoms with Gasteiger partial charge in [-0.1, -0.05) is 18.2 Å². The zero-order valence-corrected chi connectivity index (χ0v) is 7.99. The molecule has 0 heterocycles. The second-order valence-corrected chi connectivity index (χ2v) is 2.86. The van der Waals surface area contributed by atoms with E-state index < -0.39 is 0 Å². The molecule has 14 heavy (non-hydrogen) atoms. The third kappa shape index (κ3) is 2.60. The molecule has 0 aromatic heterocycles. The predicted octanol–water partition coefficient (Wildman–Crippen LogP) is 2.07. The molecular weight excluding hydrogens is 178 g/mol. The summed E-state index contributed by atoms with van der Waals surface area (Å²) in [5.74, 6) is -0.363. The highest BCUT2D eigenvalue weighted by Crippen LogP contribution is 2.08.